The number of nitrogens with zero attached hydrogens (tertiary/aromatic N) is 3. The zero-order chi connectivity index (χ0) is 23.3. The first-order chi connectivity index (χ1) is 15.3. The number of carbonyl (C=O) groups excluding carboxylic acids is 2. The van der Waals surface area contributed by atoms with Crippen LogP contribution in [0.2, 0.25) is 0 Å². The van der Waals surface area contributed by atoms with Crippen LogP contribution in [0.3, 0.4) is 0 Å². The number of benzene rings is 1. The van der Waals surface area contributed by atoms with Crippen molar-refractivity contribution in [3.05, 3.63) is 58.9 Å². The van der Waals surface area contributed by atoms with Crippen LogP contribution < -0.4 is 11.1 Å². The number of aromatic nitrogens is 1. The minimum Gasteiger partial charge on any atom is -0.383 e. The summed E-state index contributed by atoms with van der Waals surface area (Å²) < 4.78 is 0. The van der Waals surface area contributed by atoms with Gasteiger partial charge in [0.25, 0.3) is 0 Å². The number of rotatable bonds is 5. The van der Waals surface area contributed by atoms with E-state index < -0.39 is 11.8 Å². The SMILES string of the molecule is C=N/C=C\c1cc([C@@H]2CC[C@@H](C)CN2C(=O)C(=O)Nc2cnc(N)c(CC)c2)ccc1C. The molecule has 3 rings (SSSR count). The maximum atomic E-state index is 13.2. The van der Waals surface area contributed by atoms with Crippen molar-refractivity contribution in [1.29, 1.82) is 0 Å². The van der Waals surface area contributed by atoms with E-state index in [4.69, 9.17) is 5.73 Å². The number of amides is 2. The van der Waals surface area contributed by atoms with Crippen LogP contribution in [0.4, 0.5) is 11.5 Å². The average Bonchev–Trinajstić information content (AvgIpc) is 2.79. The highest BCUT2D eigenvalue weighted by atomic mass is 16.2. The summed E-state index contributed by atoms with van der Waals surface area (Å²) in [6.07, 6.45) is 7.50. The van der Waals surface area contributed by atoms with Crippen LogP contribution in [0.5, 0.6) is 0 Å². The molecule has 2 aromatic rings. The predicted octanol–water partition coefficient (Wildman–Crippen LogP) is 4.14. The number of nitrogens with two attached hydrogens (primary N) is 1. The fraction of sp³-hybridized carbons (Fsp3) is 0.360. The minimum absolute atomic E-state index is 0.162. The van der Waals surface area contributed by atoms with Crippen LogP contribution in [0.25, 0.3) is 6.08 Å². The van der Waals surface area contributed by atoms with E-state index in [2.05, 4.69) is 35.0 Å². The van der Waals surface area contributed by atoms with Crippen molar-refractivity contribution in [2.24, 2.45) is 10.9 Å². The van der Waals surface area contributed by atoms with Gasteiger partial charge in [-0.15, -0.1) is 0 Å². The van der Waals surface area contributed by atoms with Crippen molar-refractivity contribution in [2.45, 2.75) is 46.1 Å². The second-order valence-electron chi connectivity index (χ2n) is 8.35. The molecular weight excluding hydrogens is 402 g/mol. The van der Waals surface area contributed by atoms with Gasteiger partial charge in [0, 0.05) is 12.7 Å². The first kappa shape index (κ1) is 23.2. The molecule has 168 valence electrons. The number of likely N-dealkylation sites (tertiary alicyclic amines) is 1. The van der Waals surface area contributed by atoms with E-state index in [9.17, 15) is 9.59 Å². The van der Waals surface area contributed by atoms with E-state index >= 15 is 0 Å². The molecule has 32 heavy (non-hydrogen) atoms. The van der Waals surface area contributed by atoms with Crippen LogP contribution in [0.1, 0.15) is 55.0 Å². The third-order valence-corrected chi connectivity index (χ3v) is 5.96. The second kappa shape index (κ2) is 10.2. The summed E-state index contributed by atoms with van der Waals surface area (Å²) in [4.78, 5) is 35.7. The molecule has 2 heterocycles. The lowest BCUT2D eigenvalue weighted by atomic mass is 9.88. The third-order valence-electron chi connectivity index (χ3n) is 5.96. The first-order valence-electron chi connectivity index (χ1n) is 10.9. The Balaban J connectivity index is 1.85. The van der Waals surface area contributed by atoms with E-state index in [0.717, 1.165) is 35.1 Å². The van der Waals surface area contributed by atoms with Crippen LogP contribution >= 0.6 is 0 Å². The Hall–Kier alpha value is -3.48. The summed E-state index contributed by atoms with van der Waals surface area (Å²) in [6.45, 7) is 10.1. The van der Waals surface area contributed by atoms with Gasteiger partial charge in [0.2, 0.25) is 0 Å². The highest BCUT2D eigenvalue weighted by molar-refractivity contribution is 6.39. The van der Waals surface area contributed by atoms with Crippen molar-refractivity contribution >= 4 is 36.1 Å². The number of nitrogens with one attached hydrogen (secondary N) is 1. The van der Waals surface area contributed by atoms with Gasteiger partial charge >= 0.3 is 11.8 Å². The molecule has 0 radical (unpaired) electrons. The van der Waals surface area contributed by atoms with E-state index in [-0.39, 0.29) is 6.04 Å². The Kier molecular flexibility index (Phi) is 7.41. The lowest BCUT2D eigenvalue weighted by Crippen LogP contribution is -2.46. The summed E-state index contributed by atoms with van der Waals surface area (Å²) in [6, 6.07) is 7.73. The fourth-order valence-electron chi connectivity index (χ4n) is 4.09. The van der Waals surface area contributed by atoms with Crippen molar-refractivity contribution in [3.63, 3.8) is 0 Å². The Morgan fingerprint density at radius 1 is 1.34 bits per heavy atom. The van der Waals surface area contributed by atoms with Gasteiger partial charge in [-0.25, -0.2) is 4.98 Å². The Morgan fingerprint density at radius 3 is 2.84 bits per heavy atom. The number of pyridine rings is 1. The molecule has 1 saturated heterocycles. The molecule has 0 saturated carbocycles. The Bertz CT molecular complexity index is 1050. The topological polar surface area (TPSA) is 101 Å². The number of aliphatic imine (C=N–C) groups is 1. The molecule has 1 aromatic heterocycles. The smallest absolute Gasteiger partial charge is 0.313 e. The third kappa shape index (κ3) is 5.22. The Morgan fingerprint density at radius 2 is 2.12 bits per heavy atom. The van der Waals surface area contributed by atoms with Crippen LogP contribution in [-0.4, -0.2) is 35.0 Å². The monoisotopic (exact) mass is 433 g/mol. The maximum Gasteiger partial charge on any atom is 0.313 e. The predicted molar refractivity (Wildman–Crippen MR) is 129 cm³/mol. The number of hydrogen-bond acceptors (Lipinski definition) is 5. The van der Waals surface area contributed by atoms with Crippen molar-refractivity contribution in [2.75, 3.05) is 17.6 Å². The highest BCUT2D eigenvalue weighted by Gasteiger charge is 2.34. The zero-order valence-corrected chi connectivity index (χ0v) is 19.0. The minimum atomic E-state index is -0.666. The van der Waals surface area contributed by atoms with E-state index in [0.29, 0.717) is 30.4 Å². The highest BCUT2D eigenvalue weighted by Crippen LogP contribution is 2.34. The van der Waals surface area contributed by atoms with Crippen molar-refractivity contribution < 1.29 is 9.59 Å². The van der Waals surface area contributed by atoms with E-state index in [1.54, 1.807) is 17.2 Å². The lowest BCUT2D eigenvalue weighted by molar-refractivity contribution is -0.146. The number of piperidine rings is 1. The molecule has 7 nitrogen and oxygen atoms in total. The quantitative estimate of drug-likeness (QED) is 0.546. The summed E-state index contributed by atoms with van der Waals surface area (Å²) >= 11 is 0. The van der Waals surface area contributed by atoms with Gasteiger partial charge in [0.1, 0.15) is 5.82 Å². The molecule has 2 amide bonds. The van der Waals surface area contributed by atoms with Crippen LogP contribution in [-0.2, 0) is 16.0 Å². The van der Waals surface area contributed by atoms with Gasteiger partial charge in [-0.1, -0.05) is 26.0 Å². The van der Waals surface area contributed by atoms with Gasteiger partial charge in [-0.2, -0.15) is 0 Å². The Labute approximate surface area is 189 Å². The number of aryl methyl sites for hydroxylation is 2. The molecule has 0 unspecified atom stereocenters. The molecule has 1 aliphatic heterocycles. The number of nitrogen functional groups attached to an aromatic ring is 1. The molecule has 7 heteroatoms. The molecule has 1 aromatic carbocycles. The standard InChI is InChI=1S/C25H31N5O2/c1-5-18-13-21(14-28-23(18)26)29-24(31)25(32)30-15-16(2)6-9-22(30)20-8-7-17(3)19(12-20)10-11-27-4/h7-8,10-14,16,22H,4-6,9,15H2,1-3H3,(H2,26,28)(H,29,31)/b11-10-/t16-,22+/m1/s1. The number of hydrogen-bond donors (Lipinski definition) is 2. The van der Waals surface area contributed by atoms with Crippen molar-refractivity contribution in [1.82, 2.24) is 9.88 Å². The molecular formula is C25H31N5O2. The van der Waals surface area contributed by atoms with Gasteiger partial charge in [-0.3, -0.25) is 14.6 Å². The van der Waals surface area contributed by atoms with E-state index in [1.807, 2.05) is 32.1 Å². The summed E-state index contributed by atoms with van der Waals surface area (Å²) in [5, 5.41) is 2.70. The zero-order valence-electron chi connectivity index (χ0n) is 19.0. The maximum absolute atomic E-state index is 13.2. The van der Waals surface area contributed by atoms with Crippen LogP contribution in [0, 0.1) is 12.8 Å². The molecule has 0 aliphatic carbocycles. The van der Waals surface area contributed by atoms with Crippen LogP contribution in [0.15, 0.2) is 41.7 Å². The molecule has 1 fully saturated rings. The second-order valence-corrected chi connectivity index (χ2v) is 8.35. The van der Waals surface area contributed by atoms with Gasteiger partial charge < -0.3 is 16.0 Å². The molecule has 1 aliphatic rings. The number of carbonyl (C=O) groups is 2. The average molecular weight is 434 g/mol. The summed E-state index contributed by atoms with van der Waals surface area (Å²) in [7, 11) is 0. The van der Waals surface area contributed by atoms with Gasteiger partial charge in [-0.05, 0) is 79.3 Å². The first-order valence-corrected chi connectivity index (χ1v) is 10.9. The summed E-state index contributed by atoms with van der Waals surface area (Å²) in [5.74, 6) is -0.456. The van der Waals surface area contributed by atoms with Gasteiger partial charge in [0.15, 0.2) is 0 Å². The summed E-state index contributed by atoms with van der Waals surface area (Å²) in [5.41, 5.74) is 10.3. The fourth-order valence-corrected chi connectivity index (χ4v) is 4.09. The molecule has 3 N–H and O–H groups in total. The van der Waals surface area contributed by atoms with E-state index in [1.165, 1.54) is 6.20 Å². The van der Waals surface area contributed by atoms with Crippen molar-refractivity contribution in [3.8, 4) is 0 Å². The normalized spacial score (nSPS) is 18.5. The largest absolute Gasteiger partial charge is 0.383 e. The van der Waals surface area contributed by atoms with Gasteiger partial charge in [0.05, 0.1) is 17.9 Å². The lowest BCUT2D eigenvalue weighted by Gasteiger charge is -2.38. The molecule has 0 spiro atoms. The molecule has 0 bridgehead atoms. The number of anilines is 2. The molecule has 2 atom stereocenters.